The van der Waals surface area contributed by atoms with Gasteiger partial charge in [0.1, 0.15) is 5.38 Å². The third-order valence-corrected chi connectivity index (χ3v) is 4.92. The lowest BCUT2D eigenvalue weighted by atomic mass is 9.68. The third kappa shape index (κ3) is 1.75. The molecule has 2 heterocycles. The van der Waals surface area contributed by atoms with Gasteiger partial charge in [0, 0.05) is 12.6 Å². The highest BCUT2D eigenvalue weighted by atomic mass is 35.5. The molecule has 0 aromatic carbocycles. The fourth-order valence-corrected chi connectivity index (χ4v) is 4.41. The van der Waals surface area contributed by atoms with Crippen molar-refractivity contribution in [2.24, 2.45) is 17.8 Å². The minimum atomic E-state index is -0.351. The maximum atomic E-state index is 12.1. The Morgan fingerprint density at radius 3 is 2.25 bits per heavy atom. The number of nitrogens with zero attached hydrogens (tertiary/aromatic N) is 1. The molecule has 0 aromatic heterocycles. The van der Waals surface area contributed by atoms with Crippen molar-refractivity contribution in [3.63, 3.8) is 0 Å². The molecular formula is C13H20ClNO. The summed E-state index contributed by atoms with van der Waals surface area (Å²) in [4.78, 5) is 14.2. The smallest absolute Gasteiger partial charge is 0.240 e. The lowest BCUT2D eigenvalue weighted by Gasteiger charge is -2.39. The minimum Gasteiger partial charge on any atom is -0.338 e. The van der Waals surface area contributed by atoms with Gasteiger partial charge in [-0.3, -0.25) is 4.79 Å². The maximum absolute atomic E-state index is 12.1. The first-order valence-corrected chi connectivity index (χ1v) is 7.01. The van der Waals surface area contributed by atoms with E-state index in [1.165, 1.54) is 32.1 Å². The molecule has 4 aliphatic rings. The van der Waals surface area contributed by atoms with Crippen molar-refractivity contribution in [2.45, 2.75) is 50.4 Å². The van der Waals surface area contributed by atoms with Gasteiger partial charge in [-0.2, -0.15) is 0 Å². The van der Waals surface area contributed by atoms with E-state index in [1.807, 2.05) is 0 Å². The maximum Gasteiger partial charge on any atom is 0.240 e. The molecular weight excluding hydrogens is 222 g/mol. The molecule has 3 atom stereocenters. The first-order chi connectivity index (χ1) is 7.63. The molecule has 2 aliphatic heterocycles. The predicted octanol–water partition coefficient (Wildman–Crippen LogP) is 2.65. The van der Waals surface area contributed by atoms with Crippen LogP contribution in [0.3, 0.4) is 0 Å². The average molecular weight is 242 g/mol. The fraction of sp³-hybridized carbons (Fsp3) is 0.923. The van der Waals surface area contributed by atoms with Crippen molar-refractivity contribution in [2.75, 3.05) is 6.54 Å². The van der Waals surface area contributed by atoms with Gasteiger partial charge in [-0.15, -0.1) is 11.6 Å². The lowest BCUT2D eigenvalue weighted by Crippen LogP contribution is -2.44. The Morgan fingerprint density at radius 2 is 1.69 bits per heavy atom. The van der Waals surface area contributed by atoms with Crippen molar-refractivity contribution >= 4 is 17.5 Å². The monoisotopic (exact) mass is 241 g/mol. The van der Waals surface area contributed by atoms with Gasteiger partial charge in [0.25, 0.3) is 0 Å². The van der Waals surface area contributed by atoms with Crippen LogP contribution < -0.4 is 0 Å². The molecule has 1 amide bonds. The van der Waals surface area contributed by atoms with E-state index in [0.29, 0.717) is 6.04 Å². The highest BCUT2D eigenvalue weighted by molar-refractivity contribution is 6.30. The molecule has 16 heavy (non-hydrogen) atoms. The van der Waals surface area contributed by atoms with E-state index >= 15 is 0 Å². The number of hydrogen-bond acceptors (Lipinski definition) is 1. The summed E-state index contributed by atoms with van der Waals surface area (Å²) >= 11 is 5.96. The molecule has 90 valence electrons. The summed E-state index contributed by atoms with van der Waals surface area (Å²) < 4.78 is 0. The molecule has 0 spiro atoms. The Bertz CT molecular complexity index is 290. The molecule has 4 bridgehead atoms. The fourth-order valence-electron chi connectivity index (χ4n) is 4.28. The molecule has 2 aliphatic carbocycles. The summed E-state index contributed by atoms with van der Waals surface area (Å²) in [6, 6.07) is 0.505. The van der Waals surface area contributed by atoms with Crippen LogP contribution in [0.1, 0.15) is 39.0 Å². The van der Waals surface area contributed by atoms with Crippen LogP contribution in [0.5, 0.6) is 0 Å². The summed E-state index contributed by atoms with van der Waals surface area (Å²) in [5.74, 6) is 2.72. The van der Waals surface area contributed by atoms with Crippen molar-refractivity contribution in [3.05, 3.63) is 0 Å². The number of carbonyl (C=O) groups is 1. The second-order valence-electron chi connectivity index (χ2n) is 6.04. The van der Waals surface area contributed by atoms with Gasteiger partial charge in [0.05, 0.1) is 0 Å². The van der Waals surface area contributed by atoms with Gasteiger partial charge < -0.3 is 4.90 Å². The van der Waals surface area contributed by atoms with E-state index < -0.39 is 0 Å². The Morgan fingerprint density at radius 1 is 1.12 bits per heavy atom. The number of alkyl halides is 1. The van der Waals surface area contributed by atoms with Crippen LogP contribution in [0, 0.1) is 17.8 Å². The zero-order valence-electron chi connectivity index (χ0n) is 9.86. The SMILES string of the molecule is CC(Cl)C(=O)N1CC2CC3CC(C2)CC1C3. The van der Waals surface area contributed by atoms with Gasteiger partial charge in [0.2, 0.25) is 5.91 Å². The zero-order chi connectivity index (χ0) is 11.3. The van der Waals surface area contributed by atoms with Crippen molar-refractivity contribution < 1.29 is 4.79 Å². The summed E-state index contributed by atoms with van der Waals surface area (Å²) in [6.45, 7) is 2.78. The normalized spacial score (nSPS) is 43.2. The molecule has 0 radical (unpaired) electrons. The van der Waals surface area contributed by atoms with Crippen LogP contribution in [-0.4, -0.2) is 28.8 Å². The van der Waals surface area contributed by atoms with Crippen molar-refractivity contribution in [1.29, 1.82) is 0 Å². The molecule has 2 nitrogen and oxygen atoms in total. The summed E-state index contributed by atoms with van der Waals surface area (Å²) in [5, 5.41) is -0.351. The summed E-state index contributed by atoms with van der Waals surface area (Å²) in [7, 11) is 0. The summed E-state index contributed by atoms with van der Waals surface area (Å²) in [5.41, 5.74) is 0. The number of hydrogen-bond donors (Lipinski definition) is 0. The molecule has 2 saturated carbocycles. The Balaban J connectivity index is 1.83. The van der Waals surface area contributed by atoms with Gasteiger partial charge in [-0.25, -0.2) is 0 Å². The van der Waals surface area contributed by atoms with Gasteiger partial charge >= 0.3 is 0 Å². The molecule has 2 saturated heterocycles. The van der Waals surface area contributed by atoms with Crippen LogP contribution in [0.4, 0.5) is 0 Å². The number of fused-ring (bicyclic) bond motifs is 1. The van der Waals surface area contributed by atoms with E-state index in [-0.39, 0.29) is 11.3 Å². The Labute approximate surface area is 102 Å². The number of halogens is 1. The van der Waals surface area contributed by atoms with E-state index in [1.54, 1.807) is 6.92 Å². The minimum absolute atomic E-state index is 0.167. The summed E-state index contributed by atoms with van der Waals surface area (Å²) in [6.07, 6.45) is 6.61. The van der Waals surface area contributed by atoms with Gasteiger partial charge in [0.15, 0.2) is 0 Å². The zero-order valence-corrected chi connectivity index (χ0v) is 10.6. The second kappa shape index (κ2) is 3.90. The van der Waals surface area contributed by atoms with Crippen LogP contribution in [0.15, 0.2) is 0 Å². The number of carbonyl (C=O) groups excluding carboxylic acids is 1. The molecule has 0 aromatic rings. The van der Waals surface area contributed by atoms with Gasteiger partial charge in [-0.1, -0.05) is 0 Å². The van der Waals surface area contributed by atoms with E-state index in [0.717, 1.165) is 24.3 Å². The van der Waals surface area contributed by atoms with Crippen molar-refractivity contribution in [1.82, 2.24) is 4.90 Å². The van der Waals surface area contributed by atoms with Crippen LogP contribution >= 0.6 is 11.6 Å². The first kappa shape index (κ1) is 10.9. The largest absolute Gasteiger partial charge is 0.338 e. The standard InChI is InChI=1S/C13H20ClNO/c1-8(14)13(16)15-7-11-3-9-2-10(4-11)6-12(15)5-9/h8-12H,2-7H2,1H3. The van der Waals surface area contributed by atoms with Crippen LogP contribution in [0.25, 0.3) is 0 Å². The molecule has 3 unspecified atom stereocenters. The quantitative estimate of drug-likeness (QED) is 0.647. The molecule has 4 rings (SSSR count). The first-order valence-electron chi connectivity index (χ1n) is 6.58. The van der Waals surface area contributed by atoms with E-state index in [9.17, 15) is 4.79 Å². The van der Waals surface area contributed by atoms with E-state index in [4.69, 9.17) is 11.6 Å². The Kier molecular flexibility index (Phi) is 2.66. The number of amides is 1. The lowest BCUT2D eigenvalue weighted by molar-refractivity contribution is -0.133. The van der Waals surface area contributed by atoms with Crippen molar-refractivity contribution in [3.8, 4) is 0 Å². The van der Waals surface area contributed by atoms with Gasteiger partial charge in [-0.05, 0) is 56.8 Å². The highest BCUT2D eigenvalue weighted by Gasteiger charge is 2.44. The predicted molar refractivity (Wildman–Crippen MR) is 64.4 cm³/mol. The Hall–Kier alpha value is -0.240. The molecule has 0 N–H and O–H groups in total. The van der Waals surface area contributed by atoms with Crippen LogP contribution in [0.2, 0.25) is 0 Å². The average Bonchev–Trinajstić information content (AvgIpc) is 2.41. The molecule has 3 heteroatoms. The number of rotatable bonds is 1. The van der Waals surface area contributed by atoms with Crippen LogP contribution in [-0.2, 0) is 4.79 Å². The highest BCUT2D eigenvalue weighted by Crippen LogP contribution is 2.47. The van der Waals surface area contributed by atoms with E-state index in [2.05, 4.69) is 4.90 Å². The third-order valence-electron chi connectivity index (χ3n) is 4.73. The molecule has 4 fully saturated rings. The topological polar surface area (TPSA) is 20.3 Å². The second-order valence-corrected chi connectivity index (χ2v) is 6.69.